The summed E-state index contributed by atoms with van der Waals surface area (Å²) < 4.78 is 2.49. The molecule has 6 heteroatoms. The zero-order valence-corrected chi connectivity index (χ0v) is 12.2. The van der Waals surface area contributed by atoms with Gasteiger partial charge < -0.3 is 5.32 Å². The van der Waals surface area contributed by atoms with Crippen molar-refractivity contribution < 1.29 is 4.79 Å². The minimum absolute atomic E-state index is 0.368. The molecule has 3 rings (SSSR count). The normalized spacial score (nSPS) is 10.8. The maximum Gasteiger partial charge on any atom is 0.338 e. The van der Waals surface area contributed by atoms with Gasteiger partial charge in [-0.15, -0.1) is 0 Å². The number of nitrogens with zero attached hydrogens (tertiary/aromatic N) is 3. The van der Waals surface area contributed by atoms with Crippen LogP contribution >= 0.6 is 0 Å². The summed E-state index contributed by atoms with van der Waals surface area (Å²) in [6.45, 7) is 0.457. The number of aromatic nitrogens is 3. The molecular formula is C16H16N4O2. The van der Waals surface area contributed by atoms with Crippen LogP contribution in [-0.2, 0) is 13.5 Å². The highest BCUT2D eigenvalue weighted by Gasteiger charge is 2.16. The molecule has 22 heavy (non-hydrogen) atoms. The van der Waals surface area contributed by atoms with Crippen LogP contribution in [0, 0.1) is 0 Å². The van der Waals surface area contributed by atoms with E-state index in [9.17, 15) is 9.59 Å². The Morgan fingerprint density at radius 3 is 2.73 bits per heavy atom. The van der Waals surface area contributed by atoms with Gasteiger partial charge in [0.1, 0.15) is 0 Å². The Hall–Kier alpha value is -2.89. The van der Waals surface area contributed by atoms with Crippen molar-refractivity contribution in [1.29, 1.82) is 0 Å². The molecule has 0 fully saturated rings. The van der Waals surface area contributed by atoms with Crippen molar-refractivity contribution >= 4 is 17.2 Å². The third kappa shape index (κ3) is 2.50. The van der Waals surface area contributed by atoms with Gasteiger partial charge in [-0.05, 0) is 24.1 Å². The lowest BCUT2D eigenvalue weighted by atomic mass is 10.1. The van der Waals surface area contributed by atoms with Crippen molar-refractivity contribution in [2.75, 3.05) is 6.54 Å². The Morgan fingerprint density at radius 1 is 1.18 bits per heavy atom. The number of rotatable bonds is 3. The molecule has 0 aliphatic rings. The Kier molecular flexibility index (Phi) is 3.74. The molecule has 0 atom stereocenters. The third-order valence-corrected chi connectivity index (χ3v) is 3.55. The zero-order valence-electron chi connectivity index (χ0n) is 12.2. The van der Waals surface area contributed by atoms with Gasteiger partial charge in [-0.3, -0.25) is 4.57 Å². The summed E-state index contributed by atoms with van der Waals surface area (Å²) in [5, 5.41) is 2.76. The van der Waals surface area contributed by atoms with E-state index in [1.54, 1.807) is 25.4 Å². The fraction of sp³-hybridized carbons (Fsp3) is 0.188. The second-order valence-corrected chi connectivity index (χ2v) is 4.99. The summed E-state index contributed by atoms with van der Waals surface area (Å²) in [5.74, 6) is 0. The number of aryl methyl sites for hydroxylation is 1. The number of imidazole rings is 1. The molecule has 112 valence electrons. The number of benzene rings is 1. The minimum Gasteiger partial charge on any atom is -0.337 e. The van der Waals surface area contributed by atoms with Gasteiger partial charge >= 0.3 is 11.7 Å². The van der Waals surface area contributed by atoms with Crippen molar-refractivity contribution in [3.8, 4) is 0 Å². The number of amides is 1. The number of carbonyl (C=O) groups excluding carboxylic acids is 1. The van der Waals surface area contributed by atoms with Crippen molar-refractivity contribution in [2.24, 2.45) is 7.05 Å². The predicted octanol–water partition coefficient (Wildman–Crippen LogP) is 1.54. The summed E-state index contributed by atoms with van der Waals surface area (Å²) in [4.78, 5) is 28.6. The van der Waals surface area contributed by atoms with Crippen molar-refractivity contribution in [3.63, 3.8) is 0 Å². The lowest BCUT2D eigenvalue weighted by molar-refractivity contribution is 0.242. The van der Waals surface area contributed by atoms with Crippen LogP contribution < -0.4 is 11.0 Å². The van der Waals surface area contributed by atoms with E-state index in [0.29, 0.717) is 24.1 Å². The van der Waals surface area contributed by atoms with E-state index in [1.807, 2.05) is 30.3 Å². The average molecular weight is 296 g/mol. The van der Waals surface area contributed by atoms with Gasteiger partial charge in [0.25, 0.3) is 0 Å². The van der Waals surface area contributed by atoms with Gasteiger partial charge in [-0.1, -0.05) is 30.3 Å². The lowest BCUT2D eigenvalue weighted by Crippen LogP contribution is -2.37. The van der Waals surface area contributed by atoms with Crippen LogP contribution in [0.3, 0.4) is 0 Å². The summed E-state index contributed by atoms with van der Waals surface area (Å²) in [6, 6.07) is 12.9. The van der Waals surface area contributed by atoms with Crippen LogP contribution in [-0.4, -0.2) is 26.7 Å². The molecule has 0 aliphatic heterocycles. The van der Waals surface area contributed by atoms with E-state index < -0.39 is 11.7 Å². The predicted molar refractivity (Wildman–Crippen MR) is 83.9 cm³/mol. The maximum absolute atomic E-state index is 12.3. The molecular weight excluding hydrogens is 280 g/mol. The van der Waals surface area contributed by atoms with Crippen LogP contribution in [0.1, 0.15) is 5.56 Å². The standard InChI is InChI=1S/C16H16N4O2/c1-19-13-8-5-10-17-14(13)20(16(19)22)15(21)18-11-9-12-6-3-2-4-7-12/h2-8,10H,9,11H2,1H3,(H,18,21). The van der Waals surface area contributed by atoms with Crippen LogP contribution in [0.5, 0.6) is 0 Å². The Balaban J connectivity index is 1.78. The first-order valence-corrected chi connectivity index (χ1v) is 7.03. The first kappa shape index (κ1) is 14.1. The molecule has 0 saturated heterocycles. The molecule has 0 aliphatic carbocycles. The third-order valence-electron chi connectivity index (χ3n) is 3.55. The molecule has 0 bridgehead atoms. The quantitative estimate of drug-likeness (QED) is 0.797. The second kappa shape index (κ2) is 5.85. The molecule has 0 spiro atoms. The molecule has 1 amide bonds. The maximum atomic E-state index is 12.3. The number of hydrogen-bond acceptors (Lipinski definition) is 3. The van der Waals surface area contributed by atoms with E-state index in [2.05, 4.69) is 10.3 Å². The van der Waals surface area contributed by atoms with Gasteiger partial charge in [0.05, 0.1) is 5.52 Å². The summed E-state index contributed by atoms with van der Waals surface area (Å²) in [5.41, 5.74) is 1.73. The van der Waals surface area contributed by atoms with Gasteiger partial charge in [-0.2, -0.15) is 4.57 Å². The van der Waals surface area contributed by atoms with Gasteiger partial charge in [0.15, 0.2) is 5.65 Å². The molecule has 2 heterocycles. The van der Waals surface area contributed by atoms with E-state index in [1.165, 1.54) is 4.57 Å². The van der Waals surface area contributed by atoms with Crippen LogP contribution in [0.4, 0.5) is 4.79 Å². The van der Waals surface area contributed by atoms with Crippen molar-refractivity contribution in [3.05, 3.63) is 64.7 Å². The number of nitrogens with one attached hydrogen (secondary N) is 1. The Morgan fingerprint density at radius 2 is 1.95 bits per heavy atom. The monoisotopic (exact) mass is 296 g/mol. The van der Waals surface area contributed by atoms with E-state index in [0.717, 1.165) is 10.1 Å². The zero-order chi connectivity index (χ0) is 15.5. The molecule has 1 aromatic carbocycles. The topological polar surface area (TPSA) is 68.9 Å². The minimum atomic E-state index is -0.453. The van der Waals surface area contributed by atoms with E-state index >= 15 is 0 Å². The fourth-order valence-corrected chi connectivity index (χ4v) is 2.39. The molecule has 2 aromatic heterocycles. The van der Waals surface area contributed by atoms with Crippen molar-refractivity contribution in [1.82, 2.24) is 19.4 Å². The fourth-order valence-electron chi connectivity index (χ4n) is 2.39. The highest BCUT2D eigenvalue weighted by atomic mass is 16.2. The summed E-state index contributed by atoms with van der Waals surface area (Å²) >= 11 is 0. The molecule has 6 nitrogen and oxygen atoms in total. The van der Waals surface area contributed by atoms with Crippen LogP contribution in [0.2, 0.25) is 0 Å². The summed E-state index contributed by atoms with van der Waals surface area (Å²) in [7, 11) is 1.63. The molecule has 0 unspecified atom stereocenters. The van der Waals surface area contributed by atoms with Gasteiger partial charge in [0.2, 0.25) is 0 Å². The molecule has 3 aromatic rings. The highest BCUT2D eigenvalue weighted by Crippen LogP contribution is 2.07. The number of hydrogen-bond donors (Lipinski definition) is 1. The number of fused-ring (bicyclic) bond motifs is 1. The van der Waals surface area contributed by atoms with Gasteiger partial charge in [0, 0.05) is 19.8 Å². The van der Waals surface area contributed by atoms with Gasteiger partial charge in [-0.25, -0.2) is 14.6 Å². The SMILES string of the molecule is Cn1c(=O)n(C(=O)NCCc2ccccc2)c2ncccc21. The van der Waals surface area contributed by atoms with Crippen LogP contribution in [0.25, 0.3) is 11.2 Å². The smallest absolute Gasteiger partial charge is 0.337 e. The first-order valence-electron chi connectivity index (χ1n) is 7.03. The first-order chi connectivity index (χ1) is 10.7. The molecule has 1 N–H and O–H groups in total. The number of pyridine rings is 1. The number of carbonyl (C=O) groups is 1. The highest BCUT2D eigenvalue weighted by molar-refractivity contribution is 5.87. The molecule has 0 saturated carbocycles. The van der Waals surface area contributed by atoms with E-state index in [4.69, 9.17) is 0 Å². The average Bonchev–Trinajstić information content (AvgIpc) is 2.80. The van der Waals surface area contributed by atoms with Crippen molar-refractivity contribution in [2.45, 2.75) is 6.42 Å². The Labute approximate surface area is 127 Å². The Bertz CT molecular complexity index is 865. The largest absolute Gasteiger partial charge is 0.338 e. The second-order valence-electron chi connectivity index (χ2n) is 4.99. The van der Waals surface area contributed by atoms with E-state index in [-0.39, 0.29) is 0 Å². The molecule has 0 radical (unpaired) electrons. The van der Waals surface area contributed by atoms with Crippen LogP contribution in [0.15, 0.2) is 53.5 Å². The summed E-state index contributed by atoms with van der Waals surface area (Å²) in [6.07, 6.45) is 2.27. The lowest BCUT2D eigenvalue weighted by Gasteiger charge is -2.05.